The van der Waals surface area contributed by atoms with Crippen LogP contribution < -0.4 is 0 Å². The molecule has 2 heterocycles. The summed E-state index contributed by atoms with van der Waals surface area (Å²) in [7, 11) is 1.79. The Labute approximate surface area is 137 Å². The van der Waals surface area contributed by atoms with E-state index in [0.717, 1.165) is 32.1 Å². The van der Waals surface area contributed by atoms with Crippen LogP contribution in [-0.2, 0) is 4.74 Å². The van der Waals surface area contributed by atoms with Crippen LogP contribution in [0, 0.1) is 5.92 Å². The predicted molar refractivity (Wildman–Crippen MR) is 89.2 cm³/mol. The second-order valence-corrected chi connectivity index (χ2v) is 6.86. The van der Waals surface area contributed by atoms with Gasteiger partial charge in [-0.05, 0) is 43.6 Å². The zero-order valence-corrected chi connectivity index (χ0v) is 13.6. The van der Waals surface area contributed by atoms with Crippen LogP contribution in [0.5, 0.6) is 0 Å². The van der Waals surface area contributed by atoms with Crippen molar-refractivity contribution >= 4 is 0 Å². The maximum absolute atomic E-state index is 10.8. The summed E-state index contributed by atoms with van der Waals surface area (Å²) in [5.74, 6) is 0.390. The molecule has 1 aliphatic carbocycles. The third-order valence-electron chi connectivity index (χ3n) is 5.66. The molecule has 23 heavy (non-hydrogen) atoms. The Bertz CT molecular complexity index is 674. The summed E-state index contributed by atoms with van der Waals surface area (Å²) < 4.78 is 7.66. The minimum Gasteiger partial charge on any atom is -0.393 e. The third kappa shape index (κ3) is 2.60. The zero-order valence-electron chi connectivity index (χ0n) is 13.6. The summed E-state index contributed by atoms with van der Waals surface area (Å²) in [6.45, 7) is 0. The molecule has 0 amide bonds. The second kappa shape index (κ2) is 6.10. The van der Waals surface area contributed by atoms with E-state index in [0.29, 0.717) is 12.0 Å². The van der Waals surface area contributed by atoms with Gasteiger partial charge in [0.05, 0.1) is 36.5 Å². The lowest BCUT2D eigenvalue weighted by molar-refractivity contribution is 0.0134. The van der Waals surface area contributed by atoms with Gasteiger partial charge >= 0.3 is 0 Å². The number of aliphatic hydroxyl groups excluding tert-OH is 1. The van der Waals surface area contributed by atoms with Gasteiger partial charge in [0.15, 0.2) is 0 Å². The topological polar surface area (TPSA) is 47.3 Å². The first kappa shape index (κ1) is 14.9. The Morgan fingerprint density at radius 3 is 2.83 bits per heavy atom. The lowest BCUT2D eigenvalue weighted by atomic mass is 9.81. The molecule has 0 bridgehead atoms. The highest BCUT2D eigenvalue weighted by atomic mass is 16.5. The Kier molecular flexibility index (Phi) is 3.95. The molecule has 4 nitrogen and oxygen atoms in total. The van der Waals surface area contributed by atoms with Crippen molar-refractivity contribution in [1.29, 1.82) is 0 Å². The number of methoxy groups -OCH3 is 1. The number of aliphatic hydroxyl groups is 1. The number of nitrogens with zero attached hydrogens (tertiary/aromatic N) is 2. The van der Waals surface area contributed by atoms with Crippen LogP contribution in [0.2, 0.25) is 0 Å². The van der Waals surface area contributed by atoms with Gasteiger partial charge in [0.2, 0.25) is 0 Å². The molecule has 4 rings (SSSR count). The fourth-order valence-electron chi connectivity index (χ4n) is 4.30. The molecule has 4 heteroatoms. The Morgan fingerprint density at radius 2 is 2.04 bits per heavy atom. The van der Waals surface area contributed by atoms with Crippen LogP contribution in [0.15, 0.2) is 36.8 Å². The monoisotopic (exact) mass is 312 g/mol. The first-order valence-corrected chi connectivity index (χ1v) is 8.60. The summed E-state index contributed by atoms with van der Waals surface area (Å²) in [5, 5.41) is 10.8. The van der Waals surface area contributed by atoms with Gasteiger partial charge in [-0.1, -0.05) is 24.3 Å². The van der Waals surface area contributed by atoms with Crippen molar-refractivity contribution in [2.75, 3.05) is 7.11 Å². The highest BCUT2D eigenvalue weighted by Crippen LogP contribution is 2.42. The smallest absolute Gasteiger partial charge is 0.0956 e. The average molecular weight is 312 g/mol. The Hall–Kier alpha value is -1.65. The largest absolute Gasteiger partial charge is 0.393 e. The van der Waals surface area contributed by atoms with Gasteiger partial charge in [-0.15, -0.1) is 0 Å². The Balaban J connectivity index is 1.51. The highest BCUT2D eigenvalue weighted by Gasteiger charge is 2.33. The SMILES string of the molecule is CO[C@H]1CC[C@H](C(O)CC2c3ccccc3-c3cncn32)CC1. The van der Waals surface area contributed by atoms with E-state index in [9.17, 15) is 5.11 Å². The van der Waals surface area contributed by atoms with Gasteiger partial charge in [0.1, 0.15) is 0 Å². The third-order valence-corrected chi connectivity index (χ3v) is 5.66. The number of hydrogen-bond acceptors (Lipinski definition) is 3. The van der Waals surface area contributed by atoms with Gasteiger partial charge in [-0.3, -0.25) is 0 Å². The molecule has 2 atom stereocenters. The van der Waals surface area contributed by atoms with E-state index in [-0.39, 0.29) is 12.1 Å². The fourth-order valence-corrected chi connectivity index (χ4v) is 4.30. The van der Waals surface area contributed by atoms with Crippen molar-refractivity contribution in [3.05, 3.63) is 42.4 Å². The molecule has 1 aromatic heterocycles. The van der Waals surface area contributed by atoms with Crippen molar-refractivity contribution in [2.45, 2.75) is 50.4 Å². The number of rotatable bonds is 4. The van der Waals surface area contributed by atoms with Crippen LogP contribution in [0.3, 0.4) is 0 Å². The van der Waals surface area contributed by atoms with E-state index in [2.05, 4.69) is 33.8 Å². The molecule has 122 valence electrons. The minimum absolute atomic E-state index is 0.207. The predicted octanol–water partition coefficient (Wildman–Crippen LogP) is 3.41. The number of benzene rings is 1. The maximum atomic E-state index is 10.8. The van der Waals surface area contributed by atoms with Crippen molar-refractivity contribution in [1.82, 2.24) is 9.55 Å². The number of imidazole rings is 1. The van der Waals surface area contributed by atoms with E-state index < -0.39 is 0 Å². The van der Waals surface area contributed by atoms with Crippen LogP contribution in [0.25, 0.3) is 11.3 Å². The van der Waals surface area contributed by atoms with Crippen LogP contribution in [0.4, 0.5) is 0 Å². The van der Waals surface area contributed by atoms with Gasteiger partial charge in [-0.2, -0.15) is 0 Å². The van der Waals surface area contributed by atoms with E-state index >= 15 is 0 Å². The van der Waals surface area contributed by atoms with Gasteiger partial charge in [0, 0.05) is 12.7 Å². The molecule has 2 aliphatic rings. The van der Waals surface area contributed by atoms with E-state index in [1.165, 1.54) is 16.8 Å². The first-order chi connectivity index (χ1) is 11.3. The molecular weight excluding hydrogens is 288 g/mol. The van der Waals surface area contributed by atoms with E-state index in [1.54, 1.807) is 7.11 Å². The highest BCUT2D eigenvalue weighted by molar-refractivity contribution is 5.68. The lowest BCUT2D eigenvalue weighted by Crippen LogP contribution is -2.30. The normalized spacial score (nSPS) is 27.5. The second-order valence-electron chi connectivity index (χ2n) is 6.86. The van der Waals surface area contributed by atoms with E-state index in [4.69, 9.17) is 4.74 Å². The van der Waals surface area contributed by atoms with Crippen molar-refractivity contribution in [3.8, 4) is 11.3 Å². The molecule has 0 saturated heterocycles. The van der Waals surface area contributed by atoms with E-state index in [1.807, 2.05) is 12.5 Å². The molecule has 1 aliphatic heterocycles. The molecule has 0 radical (unpaired) electrons. The Morgan fingerprint density at radius 1 is 1.26 bits per heavy atom. The number of hydrogen-bond donors (Lipinski definition) is 1. The number of fused-ring (bicyclic) bond motifs is 3. The van der Waals surface area contributed by atoms with Crippen LogP contribution in [0.1, 0.15) is 43.7 Å². The van der Waals surface area contributed by atoms with Crippen molar-refractivity contribution < 1.29 is 9.84 Å². The molecule has 2 aromatic rings. The molecule has 1 saturated carbocycles. The summed E-state index contributed by atoms with van der Waals surface area (Å²) in [4.78, 5) is 4.30. The van der Waals surface area contributed by atoms with Gasteiger partial charge < -0.3 is 14.4 Å². The van der Waals surface area contributed by atoms with Crippen molar-refractivity contribution in [2.24, 2.45) is 5.92 Å². The maximum Gasteiger partial charge on any atom is 0.0956 e. The summed E-state index contributed by atoms with van der Waals surface area (Å²) in [5.41, 5.74) is 3.74. The van der Waals surface area contributed by atoms with Gasteiger partial charge in [-0.25, -0.2) is 4.98 Å². The molecular formula is C19H24N2O2. The molecule has 1 N–H and O–H groups in total. The lowest BCUT2D eigenvalue weighted by Gasteiger charge is -2.32. The van der Waals surface area contributed by atoms with Crippen molar-refractivity contribution in [3.63, 3.8) is 0 Å². The molecule has 0 spiro atoms. The molecule has 1 fully saturated rings. The number of ether oxygens (including phenoxy) is 1. The minimum atomic E-state index is -0.265. The average Bonchev–Trinajstić information content (AvgIpc) is 3.18. The van der Waals surface area contributed by atoms with Crippen LogP contribution >= 0.6 is 0 Å². The number of aromatic nitrogens is 2. The fraction of sp³-hybridized carbons (Fsp3) is 0.526. The zero-order chi connectivity index (χ0) is 15.8. The first-order valence-electron chi connectivity index (χ1n) is 8.60. The standard InChI is InChI=1S/C19H24N2O2/c1-23-14-8-6-13(7-9-14)19(22)10-17-15-4-2-3-5-16(15)18-11-20-12-21(17)18/h2-5,11-14,17,19,22H,6-10H2,1H3/t13-,14-,17?,19?. The summed E-state index contributed by atoms with van der Waals surface area (Å²) in [6.07, 6.45) is 8.96. The van der Waals surface area contributed by atoms with Gasteiger partial charge in [0.25, 0.3) is 0 Å². The summed E-state index contributed by atoms with van der Waals surface area (Å²) in [6, 6.07) is 8.70. The molecule has 2 unspecified atom stereocenters. The molecule has 1 aromatic carbocycles. The summed E-state index contributed by atoms with van der Waals surface area (Å²) >= 11 is 0. The quantitative estimate of drug-likeness (QED) is 0.941. The van der Waals surface area contributed by atoms with Crippen LogP contribution in [-0.4, -0.2) is 34.0 Å².